The normalized spacial score (nSPS) is 14.7. The van der Waals surface area contributed by atoms with Crippen molar-refractivity contribution >= 4 is 5.97 Å². The summed E-state index contributed by atoms with van der Waals surface area (Å²) >= 11 is 0. The zero-order chi connectivity index (χ0) is 11.6. The molecule has 4 N–H and O–H groups in total. The third-order valence-electron chi connectivity index (χ3n) is 2.65. The van der Waals surface area contributed by atoms with E-state index in [0.29, 0.717) is 5.56 Å². The summed E-state index contributed by atoms with van der Waals surface area (Å²) < 4.78 is 0. The molecule has 0 bridgehead atoms. The van der Waals surface area contributed by atoms with Gasteiger partial charge in [-0.25, -0.2) is 10.2 Å². The molecule has 0 heterocycles. The number of aliphatic carboxylic acids is 1. The molecule has 1 unspecified atom stereocenters. The van der Waals surface area contributed by atoms with Crippen molar-refractivity contribution in [2.24, 2.45) is 5.84 Å². The van der Waals surface area contributed by atoms with Gasteiger partial charge in [-0.1, -0.05) is 23.8 Å². The molecule has 0 aromatic heterocycles. The van der Waals surface area contributed by atoms with E-state index in [1.165, 1.54) is 0 Å². The van der Waals surface area contributed by atoms with E-state index < -0.39 is 11.5 Å². The fourth-order valence-electron chi connectivity index (χ4n) is 1.53. The van der Waals surface area contributed by atoms with Crippen LogP contribution in [0.15, 0.2) is 18.2 Å². The SMILES string of the molecule is Cc1ccc(C)c(C(C)(NN)C(=O)O)c1. The van der Waals surface area contributed by atoms with Gasteiger partial charge in [0.15, 0.2) is 5.54 Å². The first kappa shape index (κ1) is 11.7. The lowest BCUT2D eigenvalue weighted by Gasteiger charge is -2.26. The van der Waals surface area contributed by atoms with E-state index in [0.717, 1.165) is 11.1 Å². The van der Waals surface area contributed by atoms with Crippen molar-refractivity contribution in [3.8, 4) is 0 Å². The molecule has 15 heavy (non-hydrogen) atoms. The minimum Gasteiger partial charge on any atom is -0.480 e. The Labute approximate surface area is 89.1 Å². The summed E-state index contributed by atoms with van der Waals surface area (Å²) in [7, 11) is 0. The lowest BCUT2D eigenvalue weighted by Crippen LogP contribution is -2.50. The van der Waals surface area contributed by atoms with Gasteiger partial charge >= 0.3 is 5.97 Å². The zero-order valence-electron chi connectivity index (χ0n) is 9.16. The fraction of sp³-hybridized carbons (Fsp3) is 0.364. The van der Waals surface area contributed by atoms with E-state index in [-0.39, 0.29) is 0 Å². The first-order valence-electron chi connectivity index (χ1n) is 4.70. The Kier molecular flexibility index (Phi) is 3.12. The predicted octanol–water partition coefficient (Wildman–Crippen LogP) is 1.07. The van der Waals surface area contributed by atoms with E-state index in [4.69, 9.17) is 10.9 Å². The van der Waals surface area contributed by atoms with Crippen LogP contribution in [-0.4, -0.2) is 11.1 Å². The molecule has 0 aliphatic heterocycles. The topological polar surface area (TPSA) is 75.3 Å². The molecule has 0 aliphatic rings. The summed E-state index contributed by atoms with van der Waals surface area (Å²) in [6.45, 7) is 5.34. The Bertz CT molecular complexity index is 390. The van der Waals surface area contributed by atoms with Crippen LogP contribution in [0.25, 0.3) is 0 Å². The maximum Gasteiger partial charge on any atom is 0.329 e. The lowest BCUT2D eigenvalue weighted by atomic mass is 9.88. The van der Waals surface area contributed by atoms with E-state index in [2.05, 4.69) is 5.43 Å². The highest BCUT2D eigenvalue weighted by Gasteiger charge is 2.35. The number of benzene rings is 1. The van der Waals surface area contributed by atoms with Crippen LogP contribution < -0.4 is 11.3 Å². The number of carboxylic acid groups (broad SMARTS) is 1. The molecule has 0 spiro atoms. The average molecular weight is 208 g/mol. The molecule has 1 atom stereocenters. The summed E-state index contributed by atoms with van der Waals surface area (Å²) in [4.78, 5) is 11.2. The number of carboxylic acids is 1. The van der Waals surface area contributed by atoms with Crippen molar-refractivity contribution in [3.05, 3.63) is 34.9 Å². The molecule has 0 radical (unpaired) electrons. The first-order valence-corrected chi connectivity index (χ1v) is 4.70. The van der Waals surface area contributed by atoms with Gasteiger partial charge in [-0.2, -0.15) is 0 Å². The van der Waals surface area contributed by atoms with Gasteiger partial charge in [-0.15, -0.1) is 0 Å². The van der Waals surface area contributed by atoms with Crippen LogP contribution in [0.3, 0.4) is 0 Å². The number of hydrazine groups is 1. The van der Waals surface area contributed by atoms with Gasteiger partial charge in [0, 0.05) is 0 Å². The number of carbonyl (C=O) groups is 1. The molecular formula is C11H16N2O2. The Hall–Kier alpha value is -1.39. The quantitative estimate of drug-likeness (QED) is 0.513. The predicted molar refractivity (Wildman–Crippen MR) is 58.2 cm³/mol. The summed E-state index contributed by atoms with van der Waals surface area (Å²) in [5, 5.41) is 9.16. The maximum atomic E-state index is 11.2. The van der Waals surface area contributed by atoms with Crippen LogP contribution in [0.4, 0.5) is 0 Å². The lowest BCUT2D eigenvalue weighted by molar-refractivity contribution is -0.144. The van der Waals surface area contributed by atoms with Crippen molar-refractivity contribution in [2.45, 2.75) is 26.3 Å². The molecule has 4 heteroatoms. The third kappa shape index (κ3) is 2.00. The summed E-state index contributed by atoms with van der Waals surface area (Å²) in [5.41, 5.74) is 3.73. The third-order valence-corrected chi connectivity index (χ3v) is 2.65. The second kappa shape index (κ2) is 4.00. The van der Waals surface area contributed by atoms with Crippen LogP contribution in [0.1, 0.15) is 23.6 Å². The second-order valence-electron chi connectivity index (χ2n) is 3.89. The van der Waals surface area contributed by atoms with Gasteiger partial charge in [-0.3, -0.25) is 5.84 Å². The molecule has 0 aliphatic carbocycles. The smallest absolute Gasteiger partial charge is 0.329 e. The molecule has 4 nitrogen and oxygen atoms in total. The Morgan fingerprint density at radius 1 is 1.47 bits per heavy atom. The molecule has 1 rings (SSSR count). The van der Waals surface area contributed by atoms with E-state index >= 15 is 0 Å². The molecule has 82 valence electrons. The molecule has 0 saturated carbocycles. The van der Waals surface area contributed by atoms with Gasteiger partial charge in [0.1, 0.15) is 0 Å². The first-order chi connectivity index (χ1) is 6.91. The Morgan fingerprint density at radius 2 is 2.07 bits per heavy atom. The number of nitrogens with two attached hydrogens (primary N) is 1. The minimum atomic E-state index is -1.24. The summed E-state index contributed by atoms with van der Waals surface area (Å²) in [6, 6.07) is 5.67. The van der Waals surface area contributed by atoms with Crippen LogP contribution in [0, 0.1) is 13.8 Å². The molecule has 0 fully saturated rings. The number of hydrogen-bond acceptors (Lipinski definition) is 3. The van der Waals surface area contributed by atoms with Gasteiger partial charge < -0.3 is 5.11 Å². The minimum absolute atomic E-state index is 0.692. The van der Waals surface area contributed by atoms with Gasteiger partial charge in [0.05, 0.1) is 0 Å². The number of rotatable bonds is 3. The van der Waals surface area contributed by atoms with Crippen molar-refractivity contribution < 1.29 is 9.90 Å². The molecule has 0 amide bonds. The Balaban J connectivity index is 3.35. The summed E-state index contributed by atoms with van der Waals surface area (Å²) in [6.07, 6.45) is 0. The number of nitrogens with one attached hydrogen (secondary N) is 1. The van der Waals surface area contributed by atoms with Crippen molar-refractivity contribution in [1.29, 1.82) is 0 Å². The highest BCUT2D eigenvalue weighted by atomic mass is 16.4. The molecule has 1 aromatic rings. The van der Waals surface area contributed by atoms with E-state index in [9.17, 15) is 4.79 Å². The van der Waals surface area contributed by atoms with Crippen molar-refractivity contribution in [3.63, 3.8) is 0 Å². The average Bonchev–Trinajstić information content (AvgIpc) is 2.20. The van der Waals surface area contributed by atoms with Gasteiger partial charge in [0.2, 0.25) is 0 Å². The number of hydrogen-bond donors (Lipinski definition) is 3. The highest BCUT2D eigenvalue weighted by Crippen LogP contribution is 2.24. The zero-order valence-corrected chi connectivity index (χ0v) is 9.16. The van der Waals surface area contributed by atoms with Crippen LogP contribution in [-0.2, 0) is 10.3 Å². The fourth-order valence-corrected chi connectivity index (χ4v) is 1.53. The van der Waals surface area contributed by atoms with Crippen LogP contribution >= 0.6 is 0 Å². The Morgan fingerprint density at radius 3 is 2.53 bits per heavy atom. The number of aryl methyl sites for hydroxylation is 2. The van der Waals surface area contributed by atoms with Gasteiger partial charge in [0.25, 0.3) is 0 Å². The van der Waals surface area contributed by atoms with E-state index in [1.807, 2.05) is 32.0 Å². The summed E-state index contributed by atoms with van der Waals surface area (Å²) in [5.74, 6) is 4.34. The standard InChI is InChI=1S/C11H16N2O2/c1-7-4-5-8(2)9(6-7)11(3,13-12)10(14)15/h4-6,13H,12H2,1-3H3,(H,14,15). The monoisotopic (exact) mass is 208 g/mol. The van der Waals surface area contributed by atoms with Crippen LogP contribution in [0.5, 0.6) is 0 Å². The highest BCUT2D eigenvalue weighted by molar-refractivity contribution is 5.80. The maximum absolute atomic E-state index is 11.2. The molecule has 0 saturated heterocycles. The van der Waals surface area contributed by atoms with Crippen molar-refractivity contribution in [1.82, 2.24) is 5.43 Å². The second-order valence-corrected chi connectivity index (χ2v) is 3.89. The van der Waals surface area contributed by atoms with Crippen molar-refractivity contribution in [2.75, 3.05) is 0 Å². The molecule has 1 aromatic carbocycles. The van der Waals surface area contributed by atoms with Gasteiger partial charge in [-0.05, 0) is 31.9 Å². The largest absolute Gasteiger partial charge is 0.480 e. The molecular weight excluding hydrogens is 192 g/mol. The van der Waals surface area contributed by atoms with E-state index in [1.54, 1.807) is 6.92 Å². The van der Waals surface area contributed by atoms with Crippen LogP contribution in [0.2, 0.25) is 0 Å².